The van der Waals surface area contributed by atoms with E-state index < -0.39 is 18.1 Å². The number of aliphatic carboxylic acids is 1. The van der Waals surface area contributed by atoms with Crippen molar-refractivity contribution in [1.29, 1.82) is 0 Å². The summed E-state index contributed by atoms with van der Waals surface area (Å²) >= 11 is 5.46. The van der Waals surface area contributed by atoms with E-state index in [2.05, 4.69) is 10.1 Å². The fourth-order valence-electron chi connectivity index (χ4n) is 1.02. The highest BCUT2D eigenvalue weighted by atomic mass is 35.5. The van der Waals surface area contributed by atoms with Crippen molar-refractivity contribution >= 4 is 36.1 Å². The molecule has 1 amide bonds. The van der Waals surface area contributed by atoms with E-state index >= 15 is 0 Å². The molecule has 5 nitrogen and oxygen atoms in total. The van der Waals surface area contributed by atoms with Crippen LogP contribution in [0.5, 0.6) is 0 Å². The van der Waals surface area contributed by atoms with E-state index in [1.165, 1.54) is 0 Å². The van der Waals surface area contributed by atoms with Crippen LogP contribution in [0.25, 0.3) is 0 Å². The molecule has 0 aliphatic carbocycles. The molecule has 0 rings (SSSR count). The maximum absolute atomic E-state index is 11.0. The molecule has 0 unspecified atom stereocenters. The summed E-state index contributed by atoms with van der Waals surface area (Å²) in [4.78, 5) is 21.7. The van der Waals surface area contributed by atoms with Gasteiger partial charge >= 0.3 is 12.1 Å². The van der Waals surface area contributed by atoms with Crippen molar-refractivity contribution in [3.63, 3.8) is 0 Å². The summed E-state index contributed by atoms with van der Waals surface area (Å²) in [5, 5.41) is 11.1. The predicted octanol–water partition coefficient (Wildman–Crippen LogP) is 2.02. The first-order valence-electron chi connectivity index (χ1n) is 4.83. The zero-order valence-electron chi connectivity index (χ0n) is 9.07. The number of carboxylic acids is 1. The molecule has 0 fully saturated rings. The lowest BCUT2D eigenvalue weighted by atomic mass is 10.1. The molecule has 0 aromatic heterocycles. The molecular weight excluding hydrogens is 257 g/mol. The van der Waals surface area contributed by atoms with Crippen LogP contribution in [0.4, 0.5) is 4.79 Å². The number of hydrogen-bond donors (Lipinski definition) is 2. The van der Waals surface area contributed by atoms with Crippen LogP contribution in [0, 0.1) is 0 Å². The summed E-state index contributed by atoms with van der Waals surface area (Å²) in [5.41, 5.74) is 0. The van der Waals surface area contributed by atoms with Gasteiger partial charge in [-0.1, -0.05) is 0 Å². The molecule has 1 atom stereocenters. The Kier molecular flexibility index (Phi) is 12.0. The Morgan fingerprint density at radius 3 is 2.50 bits per heavy atom. The number of unbranched alkanes of at least 4 members (excludes halogenated alkanes) is 1. The van der Waals surface area contributed by atoms with E-state index in [1.807, 2.05) is 0 Å². The van der Waals surface area contributed by atoms with Crippen LogP contribution in [-0.4, -0.2) is 35.7 Å². The van der Waals surface area contributed by atoms with Crippen LogP contribution < -0.4 is 5.32 Å². The van der Waals surface area contributed by atoms with Gasteiger partial charge in [-0.15, -0.1) is 24.0 Å². The first-order valence-corrected chi connectivity index (χ1v) is 5.37. The van der Waals surface area contributed by atoms with Gasteiger partial charge in [-0.05, 0) is 26.2 Å². The predicted molar refractivity (Wildman–Crippen MR) is 63.4 cm³/mol. The van der Waals surface area contributed by atoms with Gasteiger partial charge in [0.05, 0.1) is 6.61 Å². The second-order valence-corrected chi connectivity index (χ2v) is 3.32. The Morgan fingerprint density at radius 2 is 2.06 bits per heavy atom. The third kappa shape index (κ3) is 8.61. The van der Waals surface area contributed by atoms with Gasteiger partial charge in [0.15, 0.2) is 0 Å². The van der Waals surface area contributed by atoms with Gasteiger partial charge in [-0.3, -0.25) is 0 Å². The van der Waals surface area contributed by atoms with Gasteiger partial charge in [0.25, 0.3) is 0 Å². The second kappa shape index (κ2) is 10.8. The van der Waals surface area contributed by atoms with E-state index in [4.69, 9.17) is 16.7 Å². The van der Waals surface area contributed by atoms with Gasteiger partial charge in [0.1, 0.15) is 6.04 Å². The zero-order valence-corrected chi connectivity index (χ0v) is 10.6. The summed E-state index contributed by atoms with van der Waals surface area (Å²) < 4.78 is 4.59. The Hall–Kier alpha value is -0.680. The van der Waals surface area contributed by atoms with Crippen molar-refractivity contribution in [3.8, 4) is 0 Å². The lowest BCUT2D eigenvalue weighted by Gasteiger charge is -2.13. The SMILES string of the molecule is CCOC(=O)N[C@@H](CCCCCl)C(=O)O.Cl. The lowest BCUT2D eigenvalue weighted by molar-refractivity contribution is -0.139. The zero-order chi connectivity index (χ0) is 11.7. The summed E-state index contributed by atoms with van der Waals surface area (Å²) in [6.07, 6.45) is 1.06. The smallest absolute Gasteiger partial charge is 0.407 e. The molecule has 0 saturated carbocycles. The second-order valence-electron chi connectivity index (χ2n) is 2.94. The number of hydrogen-bond acceptors (Lipinski definition) is 3. The number of amides is 1. The molecule has 96 valence electrons. The first kappa shape index (κ1) is 17.7. The topological polar surface area (TPSA) is 75.6 Å². The minimum Gasteiger partial charge on any atom is -0.480 e. The van der Waals surface area contributed by atoms with E-state index in [0.717, 1.165) is 6.42 Å². The number of carbonyl (C=O) groups excluding carboxylic acids is 1. The number of alkyl halides is 1. The Balaban J connectivity index is 0. The maximum Gasteiger partial charge on any atom is 0.407 e. The number of halogens is 2. The Bertz CT molecular complexity index is 214. The minimum atomic E-state index is -1.06. The number of carbonyl (C=O) groups is 2. The monoisotopic (exact) mass is 273 g/mol. The largest absolute Gasteiger partial charge is 0.480 e. The van der Waals surface area contributed by atoms with E-state index in [0.29, 0.717) is 18.7 Å². The fourth-order valence-corrected chi connectivity index (χ4v) is 1.20. The van der Waals surface area contributed by atoms with Crippen molar-refractivity contribution in [1.82, 2.24) is 5.32 Å². The summed E-state index contributed by atoms with van der Waals surface area (Å²) in [6.45, 7) is 1.88. The van der Waals surface area contributed by atoms with Crippen molar-refractivity contribution in [2.45, 2.75) is 32.2 Å². The number of nitrogens with one attached hydrogen (secondary N) is 1. The summed E-state index contributed by atoms with van der Waals surface area (Å²) in [7, 11) is 0. The van der Waals surface area contributed by atoms with Crippen LogP contribution in [0.3, 0.4) is 0 Å². The first-order chi connectivity index (χ1) is 7.11. The normalized spacial score (nSPS) is 11.1. The van der Waals surface area contributed by atoms with Crippen molar-refractivity contribution in [2.75, 3.05) is 12.5 Å². The quantitative estimate of drug-likeness (QED) is 0.550. The molecule has 0 aliphatic rings. The van der Waals surface area contributed by atoms with Crippen LogP contribution in [0.2, 0.25) is 0 Å². The highest BCUT2D eigenvalue weighted by Gasteiger charge is 2.19. The highest BCUT2D eigenvalue weighted by molar-refractivity contribution is 6.17. The molecule has 0 spiro atoms. The molecule has 16 heavy (non-hydrogen) atoms. The molecule has 0 saturated heterocycles. The van der Waals surface area contributed by atoms with Crippen LogP contribution in [0.15, 0.2) is 0 Å². The maximum atomic E-state index is 11.0. The third-order valence-electron chi connectivity index (χ3n) is 1.74. The molecule has 7 heteroatoms. The standard InChI is InChI=1S/C9H16ClNO4.ClH/c1-2-15-9(14)11-7(8(12)13)5-3-4-6-10;/h7H,2-6H2,1H3,(H,11,14)(H,12,13);1H/t7-;/m0./s1. The summed E-state index contributed by atoms with van der Waals surface area (Å²) in [5.74, 6) is -0.566. The highest BCUT2D eigenvalue weighted by Crippen LogP contribution is 2.03. The van der Waals surface area contributed by atoms with Crippen LogP contribution in [-0.2, 0) is 9.53 Å². The average Bonchev–Trinajstić information content (AvgIpc) is 2.16. The van der Waals surface area contributed by atoms with Crippen molar-refractivity contribution in [2.24, 2.45) is 0 Å². The van der Waals surface area contributed by atoms with E-state index in [-0.39, 0.29) is 19.0 Å². The average molecular weight is 274 g/mol. The molecule has 0 bridgehead atoms. The number of alkyl carbamates (subject to hydrolysis) is 1. The van der Waals surface area contributed by atoms with Crippen LogP contribution in [0.1, 0.15) is 26.2 Å². The van der Waals surface area contributed by atoms with Crippen LogP contribution >= 0.6 is 24.0 Å². The molecule has 0 heterocycles. The van der Waals surface area contributed by atoms with E-state index in [9.17, 15) is 9.59 Å². The van der Waals surface area contributed by atoms with Gasteiger partial charge in [0.2, 0.25) is 0 Å². The minimum absolute atomic E-state index is 0. The molecule has 0 aromatic carbocycles. The third-order valence-corrected chi connectivity index (χ3v) is 2.01. The van der Waals surface area contributed by atoms with Gasteiger partial charge in [-0.25, -0.2) is 9.59 Å². The Morgan fingerprint density at radius 1 is 1.44 bits per heavy atom. The molecule has 0 aromatic rings. The molecule has 0 radical (unpaired) electrons. The van der Waals surface area contributed by atoms with Crippen molar-refractivity contribution < 1.29 is 19.4 Å². The Labute approximate surface area is 106 Å². The number of rotatable bonds is 7. The summed E-state index contributed by atoms with van der Waals surface area (Å²) in [6, 6.07) is -0.896. The van der Waals surface area contributed by atoms with Crippen molar-refractivity contribution in [3.05, 3.63) is 0 Å². The van der Waals surface area contributed by atoms with Gasteiger partial charge < -0.3 is 15.2 Å². The lowest BCUT2D eigenvalue weighted by Crippen LogP contribution is -2.41. The number of carboxylic acid groups (broad SMARTS) is 1. The van der Waals surface area contributed by atoms with Gasteiger partial charge in [0, 0.05) is 5.88 Å². The molecule has 0 aliphatic heterocycles. The number of ether oxygens (including phenoxy) is 1. The fraction of sp³-hybridized carbons (Fsp3) is 0.778. The van der Waals surface area contributed by atoms with Gasteiger partial charge in [-0.2, -0.15) is 0 Å². The molecule has 2 N–H and O–H groups in total. The molecular formula is C9H17Cl2NO4. The van der Waals surface area contributed by atoms with E-state index in [1.54, 1.807) is 6.92 Å².